The Hall–Kier alpha value is -2.24. The molecule has 6 heteroatoms. The molecule has 0 amide bonds. The van der Waals surface area contributed by atoms with E-state index in [-0.39, 0.29) is 6.61 Å². The van der Waals surface area contributed by atoms with Crippen LogP contribution in [0.15, 0.2) is 84.1 Å². The zero-order valence-corrected chi connectivity index (χ0v) is 14.5. The molecule has 26 heavy (non-hydrogen) atoms. The molecule has 0 aromatic heterocycles. The van der Waals surface area contributed by atoms with Gasteiger partial charge in [0.25, 0.3) is 0 Å². The minimum Gasteiger partial charge on any atom is -0.398 e. The molecule has 0 aliphatic heterocycles. The van der Waals surface area contributed by atoms with Gasteiger partial charge in [-0.05, 0) is 17.2 Å². The normalized spacial score (nSPS) is 23.3. The van der Waals surface area contributed by atoms with E-state index in [1.807, 2.05) is 30.3 Å². The van der Waals surface area contributed by atoms with Gasteiger partial charge in [0.1, 0.15) is 0 Å². The molecule has 0 saturated heterocycles. The molecule has 2 atom stereocenters. The summed E-state index contributed by atoms with van der Waals surface area (Å²) in [6, 6.07) is 18.0. The third-order valence-corrected chi connectivity index (χ3v) is 4.64. The van der Waals surface area contributed by atoms with E-state index in [1.54, 1.807) is 30.3 Å². The molecule has 2 aromatic carbocycles. The van der Waals surface area contributed by atoms with Crippen LogP contribution in [0.3, 0.4) is 0 Å². The standard InChI is InChI=1S/C20H17ClF3NO/c21-19(26-13-14-7-3-1-4-8-14)12-18(25)17(20(22,23)24)11-16(19)15-9-5-2-6-10-15/h1-12,16H,13,25H2. The van der Waals surface area contributed by atoms with Crippen molar-refractivity contribution in [3.8, 4) is 0 Å². The van der Waals surface area contributed by atoms with E-state index >= 15 is 0 Å². The molecule has 1 aliphatic rings. The number of benzene rings is 2. The van der Waals surface area contributed by atoms with Crippen molar-refractivity contribution in [2.75, 3.05) is 0 Å². The van der Waals surface area contributed by atoms with Crippen LogP contribution in [0.5, 0.6) is 0 Å². The van der Waals surface area contributed by atoms with Gasteiger partial charge in [0.05, 0.1) is 18.1 Å². The lowest BCUT2D eigenvalue weighted by atomic mass is 9.85. The Morgan fingerprint density at radius 3 is 2.15 bits per heavy atom. The fourth-order valence-electron chi connectivity index (χ4n) is 2.90. The summed E-state index contributed by atoms with van der Waals surface area (Å²) in [5.74, 6) is -0.835. The van der Waals surface area contributed by atoms with Gasteiger partial charge >= 0.3 is 6.18 Å². The highest BCUT2D eigenvalue weighted by molar-refractivity contribution is 6.25. The number of nitrogens with two attached hydrogens (primary N) is 1. The van der Waals surface area contributed by atoms with E-state index in [4.69, 9.17) is 22.1 Å². The second-order valence-corrected chi connectivity index (χ2v) is 6.63. The van der Waals surface area contributed by atoms with Crippen LogP contribution in [-0.2, 0) is 11.3 Å². The van der Waals surface area contributed by atoms with Crippen LogP contribution in [0.25, 0.3) is 0 Å². The maximum Gasteiger partial charge on any atom is 0.418 e. The zero-order chi connectivity index (χ0) is 18.8. The predicted octanol–water partition coefficient (Wildman–Crippen LogP) is 5.27. The summed E-state index contributed by atoms with van der Waals surface area (Å²) < 4.78 is 45.8. The topological polar surface area (TPSA) is 35.2 Å². The second kappa shape index (κ2) is 7.17. The van der Waals surface area contributed by atoms with Crippen molar-refractivity contribution in [1.82, 2.24) is 0 Å². The van der Waals surface area contributed by atoms with Crippen LogP contribution in [0.4, 0.5) is 13.2 Å². The Kier molecular flexibility index (Phi) is 5.12. The number of hydrogen-bond donors (Lipinski definition) is 1. The molecule has 0 saturated carbocycles. The van der Waals surface area contributed by atoms with E-state index in [0.717, 1.165) is 17.7 Å². The molecule has 3 rings (SSSR count). The largest absolute Gasteiger partial charge is 0.418 e. The Bertz CT molecular complexity index is 818. The van der Waals surface area contributed by atoms with Gasteiger partial charge < -0.3 is 10.5 Å². The first-order chi connectivity index (χ1) is 12.3. The van der Waals surface area contributed by atoms with Crippen LogP contribution >= 0.6 is 11.6 Å². The van der Waals surface area contributed by atoms with Crippen molar-refractivity contribution >= 4 is 11.6 Å². The van der Waals surface area contributed by atoms with Crippen LogP contribution < -0.4 is 5.73 Å². The van der Waals surface area contributed by atoms with Crippen molar-refractivity contribution in [3.63, 3.8) is 0 Å². The maximum atomic E-state index is 13.3. The van der Waals surface area contributed by atoms with Crippen molar-refractivity contribution in [2.24, 2.45) is 5.73 Å². The van der Waals surface area contributed by atoms with Gasteiger partial charge in [0, 0.05) is 5.70 Å². The monoisotopic (exact) mass is 379 g/mol. The average molecular weight is 380 g/mol. The third-order valence-electron chi connectivity index (χ3n) is 4.19. The predicted molar refractivity (Wildman–Crippen MR) is 95.4 cm³/mol. The number of ether oxygens (including phenoxy) is 1. The van der Waals surface area contributed by atoms with Crippen molar-refractivity contribution < 1.29 is 17.9 Å². The Morgan fingerprint density at radius 1 is 1.00 bits per heavy atom. The molecule has 0 fully saturated rings. The second-order valence-electron chi connectivity index (χ2n) is 6.04. The lowest BCUT2D eigenvalue weighted by Crippen LogP contribution is -2.37. The summed E-state index contributed by atoms with van der Waals surface area (Å²) in [7, 11) is 0. The molecular weight excluding hydrogens is 363 g/mol. The number of alkyl halides is 4. The SMILES string of the molecule is NC1=CC(Cl)(OCc2ccccc2)C(c2ccccc2)C=C1C(F)(F)F. The molecule has 1 aliphatic carbocycles. The van der Waals surface area contributed by atoms with E-state index in [0.29, 0.717) is 5.56 Å². The lowest BCUT2D eigenvalue weighted by Gasteiger charge is -2.36. The smallest absolute Gasteiger partial charge is 0.398 e. The van der Waals surface area contributed by atoms with Crippen LogP contribution in [0.1, 0.15) is 17.0 Å². The average Bonchev–Trinajstić information content (AvgIpc) is 2.61. The lowest BCUT2D eigenvalue weighted by molar-refractivity contribution is -0.0910. The molecule has 0 spiro atoms. The van der Waals surface area contributed by atoms with Gasteiger partial charge in [0.15, 0.2) is 5.06 Å². The minimum atomic E-state index is -4.56. The quantitative estimate of drug-likeness (QED) is 0.735. The van der Waals surface area contributed by atoms with Gasteiger partial charge in [-0.15, -0.1) is 0 Å². The van der Waals surface area contributed by atoms with Crippen LogP contribution in [0.2, 0.25) is 0 Å². The van der Waals surface area contributed by atoms with E-state index in [2.05, 4.69) is 0 Å². The molecule has 2 unspecified atom stereocenters. The summed E-state index contributed by atoms with van der Waals surface area (Å²) in [4.78, 5) is 0. The first-order valence-electron chi connectivity index (χ1n) is 7.99. The molecule has 2 aromatic rings. The molecule has 0 heterocycles. The summed E-state index contributed by atoms with van der Waals surface area (Å²) in [5, 5.41) is -1.52. The van der Waals surface area contributed by atoms with Gasteiger partial charge in [0.2, 0.25) is 0 Å². The number of hydrogen-bond acceptors (Lipinski definition) is 2. The fraction of sp³-hybridized carbons (Fsp3) is 0.200. The Labute approximate surface area is 154 Å². The van der Waals surface area contributed by atoms with Gasteiger partial charge in [-0.1, -0.05) is 78.3 Å². The summed E-state index contributed by atoms with van der Waals surface area (Å²) in [6.07, 6.45) is -2.37. The molecule has 0 radical (unpaired) electrons. The van der Waals surface area contributed by atoms with Gasteiger partial charge in [-0.25, -0.2) is 0 Å². The Balaban J connectivity index is 1.97. The summed E-state index contributed by atoms with van der Waals surface area (Å²) in [6.45, 7) is 0.145. The van der Waals surface area contributed by atoms with Crippen molar-refractivity contribution in [2.45, 2.75) is 23.8 Å². The number of halogens is 4. The first kappa shape index (κ1) is 18.5. The molecule has 0 bridgehead atoms. The van der Waals surface area contributed by atoms with Crippen LogP contribution in [-0.4, -0.2) is 11.2 Å². The van der Waals surface area contributed by atoms with Crippen molar-refractivity contribution in [1.29, 1.82) is 0 Å². The molecule has 2 N–H and O–H groups in total. The Morgan fingerprint density at radius 2 is 1.58 bits per heavy atom. The number of rotatable bonds is 4. The highest BCUT2D eigenvalue weighted by atomic mass is 35.5. The minimum absolute atomic E-state index is 0.145. The van der Waals surface area contributed by atoms with Gasteiger partial charge in [-0.3, -0.25) is 0 Å². The molecular formula is C20H17ClF3NO. The maximum absolute atomic E-state index is 13.3. The van der Waals surface area contributed by atoms with Crippen LogP contribution in [0, 0.1) is 0 Å². The molecule has 2 nitrogen and oxygen atoms in total. The summed E-state index contributed by atoms with van der Waals surface area (Å²) >= 11 is 6.65. The molecule has 136 valence electrons. The third kappa shape index (κ3) is 3.94. The fourth-order valence-corrected chi connectivity index (χ4v) is 3.26. The van der Waals surface area contributed by atoms with Gasteiger partial charge in [-0.2, -0.15) is 13.2 Å². The van der Waals surface area contributed by atoms with E-state index < -0.39 is 28.4 Å². The summed E-state index contributed by atoms with van der Waals surface area (Å²) in [5.41, 5.74) is 5.79. The first-order valence-corrected chi connectivity index (χ1v) is 8.37. The zero-order valence-electron chi connectivity index (χ0n) is 13.7. The highest BCUT2D eigenvalue weighted by Crippen LogP contribution is 2.46. The van der Waals surface area contributed by atoms with Crippen molar-refractivity contribution in [3.05, 3.63) is 95.2 Å². The highest BCUT2D eigenvalue weighted by Gasteiger charge is 2.45. The van der Waals surface area contributed by atoms with E-state index in [9.17, 15) is 13.2 Å². The number of allylic oxidation sites excluding steroid dienone is 1. The van der Waals surface area contributed by atoms with E-state index in [1.165, 1.54) is 0 Å².